The fraction of sp³-hybridized carbons (Fsp3) is 0.211. The van der Waals surface area contributed by atoms with E-state index in [0.29, 0.717) is 23.2 Å². The van der Waals surface area contributed by atoms with Crippen LogP contribution in [0, 0.1) is 0 Å². The highest BCUT2D eigenvalue weighted by Gasteiger charge is 2.16. The van der Waals surface area contributed by atoms with Crippen LogP contribution in [-0.2, 0) is 16.0 Å². The minimum Gasteiger partial charge on any atom is -0.492 e. The molecule has 8 nitrogen and oxygen atoms in total. The van der Waals surface area contributed by atoms with Gasteiger partial charge in [0.15, 0.2) is 0 Å². The van der Waals surface area contributed by atoms with Gasteiger partial charge in [-0.3, -0.25) is 14.9 Å². The van der Waals surface area contributed by atoms with Crippen LogP contribution >= 0.6 is 11.8 Å². The van der Waals surface area contributed by atoms with Crippen molar-refractivity contribution in [3.63, 3.8) is 0 Å². The van der Waals surface area contributed by atoms with E-state index in [0.717, 1.165) is 17.3 Å². The average Bonchev–Trinajstić information content (AvgIpc) is 3.16. The van der Waals surface area contributed by atoms with E-state index in [4.69, 9.17) is 4.74 Å². The van der Waals surface area contributed by atoms with E-state index in [1.165, 1.54) is 4.68 Å². The molecule has 28 heavy (non-hydrogen) atoms. The Hall–Kier alpha value is -3.20. The van der Waals surface area contributed by atoms with Gasteiger partial charge in [0.25, 0.3) is 0 Å². The molecule has 3 rings (SSSR count). The number of imide groups is 1. The summed E-state index contributed by atoms with van der Waals surface area (Å²) in [4.78, 5) is 24.1. The maximum Gasteiger partial charge on any atom is 0.237 e. The number of nitrogens with one attached hydrogen (secondary N) is 1. The van der Waals surface area contributed by atoms with E-state index in [1.807, 2.05) is 61.5 Å². The molecule has 0 atom stereocenters. The molecule has 2 amide bonds. The third-order valence-corrected chi connectivity index (χ3v) is 4.57. The van der Waals surface area contributed by atoms with Crippen LogP contribution in [0.1, 0.15) is 12.5 Å². The number of aromatic nitrogens is 4. The molecule has 9 heteroatoms. The highest BCUT2D eigenvalue weighted by molar-refractivity contribution is 7.99. The maximum atomic E-state index is 12.1. The molecule has 0 saturated carbocycles. The molecule has 0 unspecified atom stereocenters. The molecule has 1 N–H and O–H groups in total. The Labute approximate surface area is 166 Å². The van der Waals surface area contributed by atoms with Crippen molar-refractivity contribution in [3.8, 4) is 11.4 Å². The van der Waals surface area contributed by atoms with Gasteiger partial charge in [-0.2, -0.15) is 4.68 Å². The Morgan fingerprint density at radius 2 is 1.82 bits per heavy atom. The number of carbonyl (C=O) groups excluding carboxylic acids is 2. The number of tetrazole rings is 1. The average molecular weight is 397 g/mol. The van der Waals surface area contributed by atoms with Crippen molar-refractivity contribution in [1.82, 2.24) is 25.5 Å². The van der Waals surface area contributed by atoms with Crippen LogP contribution in [0.4, 0.5) is 0 Å². The van der Waals surface area contributed by atoms with Crippen LogP contribution in [-0.4, -0.2) is 44.4 Å². The molecule has 0 aliphatic carbocycles. The van der Waals surface area contributed by atoms with E-state index in [1.54, 1.807) is 0 Å². The Morgan fingerprint density at radius 3 is 2.61 bits per heavy atom. The van der Waals surface area contributed by atoms with Crippen molar-refractivity contribution in [2.45, 2.75) is 18.5 Å². The molecular formula is C19H19N5O3S. The van der Waals surface area contributed by atoms with Crippen LogP contribution < -0.4 is 10.1 Å². The second-order valence-corrected chi connectivity index (χ2v) is 6.64. The Morgan fingerprint density at radius 1 is 1.07 bits per heavy atom. The molecule has 144 valence electrons. The number of ether oxygens (including phenoxy) is 1. The summed E-state index contributed by atoms with van der Waals surface area (Å²) >= 11 is 1.14. The number of para-hydroxylation sites is 2. The number of amides is 2. The summed E-state index contributed by atoms with van der Waals surface area (Å²) in [6, 6.07) is 16.6. The first kappa shape index (κ1) is 19.6. The molecule has 0 radical (unpaired) electrons. The molecule has 2 aromatic carbocycles. The standard InChI is InChI=1S/C19H19N5O3S/c1-2-27-16-11-7-6-10-15(16)24-19(21-22-23-24)28-13-18(26)20-17(25)12-14-8-4-3-5-9-14/h3-11H,2,12-13H2,1H3,(H,20,25,26). The molecule has 3 aromatic rings. The number of rotatable bonds is 8. The number of benzene rings is 2. The molecule has 0 aliphatic heterocycles. The number of hydrogen-bond acceptors (Lipinski definition) is 7. The lowest BCUT2D eigenvalue weighted by atomic mass is 10.1. The fourth-order valence-corrected chi connectivity index (χ4v) is 3.16. The van der Waals surface area contributed by atoms with Gasteiger partial charge in [0.1, 0.15) is 11.4 Å². The molecule has 0 aliphatic rings. The van der Waals surface area contributed by atoms with Crippen molar-refractivity contribution < 1.29 is 14.3 Å². The zero-order valence-corrected chi connectivity index (χ0v) is 16.1. The van der Waals surface area contributed by atoms with Gasteiger partial charge < -0.3 is 4.74 Å². The molecule has 0 saturated heterocycles. The monoisotopic (exact) mass is 397 g/mol. The summed E-state index contributed by atoms with van der Waals surface area (Å²) in [6.07, 6.45) is 0.150. The van der Waals surface area contributed by atoms with E-state index in [2.05, 4.69) is 20.8 Å². The van der Waals surface area contributed by atoms with Crippen molar-refractivity contribution in [2.75, 3.05) is 12.4 Å². The minimum absolute atomic E-state index is 0.0116. The van der Waals surface area contributed by atoms with Gasteiger partial charge in [0.05, 0.1) is 18.8 Å². The predicted octanol–water partition coefficient (Wildman–Crippen LogP) is 2.04. The number of carbonyl (C=O) groups is 2. The Kier molecular flexibility index (Phi) is 6.74. The zero-order valence-electron chi connectivity index (χ0n) is 15.2. The number of thioether (sulfide) groups is 1. The van der Waals surface area contributed by atoms with Gasteiger partial charge in [-0.1, -0.05) is 54.2 Å². The van der Waals surface area contributed by atoms with Gasteiger partial charge in [-0.15, -0.1) is 5.10 Å². The highest BCUT2D eigenvalue weighted by Crippen LogP contribution is 2.25. The first-order valence-corrected chi connectivity index (χ1v) is 9.66. The van der Waals surface area contributed by atoms with Crippen molar-refractivity contribution in [2.24, 2.45) is 0 Å². The van der Waals surface area contributed by atoms with E-state index in [-0.39, 0.29) is 18.1 Å². The van der Waals surface area contributed by atoms with Crippen molar-refractivity contribution in [3.05, 3.63) is 60.2 Å². The first-order valence-electron chi connectivity index (χ1n) is 8.67. The Balaban J connectivity index is 1.59. The fourth-order valence-electron chi connectivity index (χ4n) is 2.48. The van der Waals surface area contributed by atoms with Crippen molar-refractivity contribution in [1.29, 1.82) is 0 Å². The lowest BCUT2D eigenvalue weighted by Gasteiger charge is -2.10. The van der Waals surface area contributed by atoms with Crippen molar-refractivity contribution >= 4 is 23.6 Å². The van der Waals surface area contributed by atoms with Gasteiger partial charge in [0.2, 0.25) is 17.0 Å². The largest absolute Gasteiger partial charge is 0.492 e. The van der Waals surface area contributed by atoms with Gasteiger partial charge in [0, 0.05) is 0 Å². The van der Waals surface area contributed by atoms with Gasteiger partial charge >= 0.3 is 0 Å². The van der Waals surface area contributed by atoms with Crippen LogP contribution in [0.15, 0.2) is 59.8 Å². The van der Waals surface area contributed by atoms with Crippen LogP contribution in [0.3, 0.4) is 0 Å². The lowest BCUT2D eigenvalue weighted by Crippen LogP contribution is -2.33. The molecule has 0 fully saturated rings. The van der Waals surface area contributed by atoms with Crippen LogP contribution in [0.25, 0.3) is 5.69 Å². The van der Waals surface area contributed by atoms with E-state index < -0.39 is 5.91 Å². The lowest BCUT2D eigenvalue weighted by molar-refractivity contribution is -0.128. The molecule has 1 heterocycles. The summed E-state index contributed by atoms with van der Waals surface area (Å²) in [7, 11) is 0. The van der Waals surface area contributed by atoms with Gasteiger partial charge in [-0.25, -0.2) is 0 Å². The summed E-state index contributed by atoms with van der Waals surface area (Å²) < 4.78 is 7.11. The van der Waals surface area contributed by atoms with E-state index in [9.17, 15) is 9.59 Å². The summed E-state index contributed by atoms with van der Waals surface area (Å²) in [6.45, 7) is 2.40. The second kappa shape index (κ2) is 9.65. The van der Waals surface area contributed by atoms with Crippen LogP contribution in [0.5, 0.6) is 5.75 Å². The molecular weight excluding hydrogens is 378 g/mol. The van der Waals surface area contributed by atoms with Crippen LogP contribution in [0.2, 0.25) is 0 Å². The third kappa shape index (κ3) is 5.17. The summed E-state index contributed by atoms with van der Waals surface area (Å²) in [5.41, 5.74) is 1.52. The Bertz CT molecular complexity index is 946. The van der Waals surface area contributed by atoms with Gasteiger partial charge in [-0.05, 0) is 35.0 Å². The first-order chi connectivity index (χ1) is 13.7. The quantitative estimate of drug-likeness (QED) is 0.581. The highest BCUT2D eigenvalue weighted by atomic mass is 32.2. The zero-order chi connectivity index (χ0) is 19.8. The second-order valence-electron chi connectivity index (χ2n) is 5.70. The molecule has 1 aromatic heterocycles. The smallest absolute Gasteiger partial charge is 0.237 e. The topological polar surface area (TPSA) is 99.0 Å². The molecule has 0 spiro atoms. The third-order valence-electron chi connectivity index (χ3n) is 3.65. The number of nitrogens with zero attached hydrogens (tertiary/aromatic N) is 4. The number of hydrogen-bond donors (Lipinski definition) is 1. The maximum absolute atomic E-state index is 12.1. The minimum atomic E-state index is -0.404. The summed E-state index contributed by atoms with van der Waals surface area (Å²) in [5, 5.41) is 14.4. The molecule has 0 bridgehead atoms. The van der Waals surface area contributed by atoms with E-state index >= 15 is 0 Å². The summed E-state index contributed by atoms with van der Waals surface area (Å²) in [5.74, 6) is -0.101. The predicted molar refractivity (Wildman–Crippen MR) is 104 cm³/mol. The SMILES string of the molecule is CCOc1ccccc1-n1nnnc1SCC(=O)NC(=O)Cc1ccccc1. The normalized spacial score (nSPS) is 10.5.